The minimum Gasteiger partial charge on any atom is -0.504 e. The van der Waals surface area contributed by atoms with Gasteiger partial charge in [-0.15, -0.1) is 0 Å². The quantitative estimate of drug-likeness (QED) is 0.278. The molecule has 4 aliphatic heterocycles. The second-order valence-corrected chi connectivity index (χ2v) is 11.8. The average molecular weight is 595 g/mol. The third-order valence-electron chi connectivity index (χ3n) is 9.19. The normalized spacial score (nSPS) is 19.1. The van der Waals surface area contributed by atoms with E-state index in [0.29, 0.717) is 46.7 Å². The summed E-state index contributed by atoms with van der Waals surface area (Å²) < 4.78 is 30.9. The Morgan fingerprint density at radius 3 is 2.34 bits per heavy atom. The lowest BCUT2D eigenvalue weighted by atomic mass is 9.87. The van der Waals surface area contributed by atoms with Crippen molar-refractivity contribution in [1.82, 2.24) is 10.2 Å². The zero-order valence-electron chi connectivity index (χ0n) is 25.6. The number of likely N-dealkylation sites (N-methyl/N-ethyl adjacent to an activating group) is 1. The smallest absolute Gasteiger partial charge is 0.204 e. The summed E-state index contributed by atoms with van der Waals surface area (Å²) in [6.45, 7) is 1.75. The van der Waals surface area contributed by atoms with Crippen molar-refractivity contribution >= 4 is 0 Å². The zero-order valence-corrected chi connectivity index (χ0v) is 25.6. The van der Waals surface area contributed by atoms with Crippen LogP contribution in [-0.2, 0) is 25.7 Å². The third-order valence-corrected chi connectivity index (χ3v) is 9.19. The minimum atomic E-state index is 0.0259. The minimum absolute atomic E-state index is 0.0259. The van der Waals surface area contributed by atoms with Crippen LogP contribution in [0.2, 0.25) is 0 Å². The molecular weight excluding hydrogens is 556 g/mol. The molecule has 2 atom stereocenters. The molecular formula is C36H38N2O6. The predicted molar refractivity (Wildman–Crippen MR) is 168 cm³/mol. The van der Waals surface area contributed by atoms with E-state index < -0.39 is 0 Å². The fraction of sp³-hybridized carbons (Fsp3) is 0.333. The SMILES string of the molecule is COc1cc2c3cc1Oc1c(OC)c(OC)cc4c1[C@H](Cc1ccc(cc1)Oc1cc(ccc1O)C[C@H]3NCC2)N(C)CC4. The summed E-state index contributed by atoms with van der Waals surface area (Å²) in [5.74, 6) is 4.40. The lowest BCUT2D eigenvalue weighted by molar-refractivity contribution is 0.221. The molecule has 0 amide bonds. The number of hydrogen-bond acceptors (Lipinski definition) is 8. The monoisotopic (exact) mass is 594 g/mol. The Bertz CT molecular complexity index is 1700. The molecule has 4 aliphatic rings. The number of hydrogen-bond donors (Lipinski definition) is 2. The molecule has 0 aromatic heterocycles. The third kappa shape index (κ3) is 5.08. The van der Waals surface area contributed by atoms with Gasteiger partial charge in [0.15, 0.2) is 34.5 Å². The van der Waals surface area contributed by atoms with Crippen LogP contribution in [-0.4, -0.2) is 51.5 Å². The van der Waals surface area contributed by atoms with Crippen LogP contribution in [0.4, 0.5) is 0 Å². The molecule has 0 spiro atoms. The van der Waals surface area contributed by atoms with Crippen LogP contribution < -0.4 is 29.0 Å². The summed E-state index contributed by atoms with van der Waals surface area (Å²) in [5.41, 5.74) is 6.85. The van der Waals surface area contributed by atoms with Crippen LogP contribution in [0.3, 0.4) is 0 Å². The molecule has 6 bridgehead atoms. The Morgan fingerprint density at radius 2 is 1.57 bits per heavy atom. The number of rotatable bonds is 3. The van der Waals surface area contributed by atoms with E-state index >= 15 is 0 Å². The molecule has 4 heterocycles. The Hall–Kier alpha value is -4.40. The number of ether oxygens (including phenoxy) is 5. The Labute approximate surface area is 258 Å². The first-order chi connectivity index (χ1) is 21.4. The number of phenols is 1. The van der Waals surface area contributed by atoms with Gasteiger partial charge in [0.1, 0.15) is 5.75 Å². The molecule has 0 saturated carbocycles. The van der Waals surface area contributed by atoms with Gasteiger partial charge < -0.3 is 34.1 Å². The molecule has 0 unspecified atom stereocenters. The van der Waals surface area contributed by atoms with Crippen LogP contribution in [0, 0.1) is 0 Å². The summed E-state index contributed by atoms with van der Waals surface area (Å²) in [6, 6.07) is 20.0. The highest BCUT2D eigenvalue weighted by atomic mass is 16.5. The van der Waals surface area contributed by atoms with Crippen LogP contribution in [0.1, 0.15) is 45.5 Å². The van der Waals surface area contributed by atoms with E-state index in [2.05, 4.69) is 47.6 Å². The highest BCUT2D eigenvalue weighted by Gasteiger charge is 2.34. The lowest BCUT2D eigenvalue weighted by Crippen LogP contribution is -2.34. The van der Waals surface area contributed by atoms with E-state index in [-0.39, 0.29) is 17.8 Å². The highest BCUT2D eigenvalue weighted by molar-refractivity contribution is 5.63. The van der Waals surface area contributed by atoms with Gasteiger partial charge in [-0.05, 0) is 110 Å². The van der Waals surface area contributed by atoms with Gasteiger partial charge in [-0.25, -0.2) is 0 Å². The topological polar surface area (TPSA) is 81.7 Å². The molecule has 44 heavy (non-hydrogen) atoms. The second kappa shape index (κ2) is 11.6. The summed E-state index contributed by atoms with van der Waals surface area (Å²) in [7, 11) is 7.16. The first-order valence-corrected chi connectivity index (χ1v) is 15.1. The van der Waals surface area contributed by atoms with Crippen molar-refractivity contribution in [3.63, 3.8) is 0 Å². The van der Waals surface area contributed by atoms with E-state index in [9.17, 15) is 5.11 Å². The van der Waals surface area contributed by atoms with Crippen molar-refractivity contribution in [2.75, 3.05) is 41.5 Å². The van der Waals surface area contributed by atoms with Gasteiger partial charge in [-0.3, -0.25) is 4.90 Å². The van der Waals surface area contributed by atoms with Gasteiger partial charge >= 0.3 is 0 Å². The van der Waals surface area contributed by atoms with Gasteiger partial charge in [0.05, 0.1) is 21.3 Å². The summed E-state index contributed by atoms with van der Waals surface area (Å²) in [6.07, 6.45) is 3.20. The van der Waals surface area contributed by atoms with Gasteiger partial charge in [-0.2, -0.15) is 0 Å². The fourth-order valence-electron chi connectivity index (χ4n) is 6.86. The second-order valence-electron chi connectivity index (χ2n) is 11.8. The largest absolute Gasteiger partial charge is 0.504 e. The van der Waals surface area contributed by atoms with Crippen molar-refractivity contribution in [3.8, 4) is 46.0 Å². The Balaban J connectivity index is 1.45. The maximum Gasteiger partial charge on any atom is 0.204 e. The van der Waals surface area contributed by atoms with E-state index in [4.69, 9.17) is 23.7 Å². The number of methoxy groups -OCH3 is 3. The first-order valence-electron chi connectivity index (χ1n) is 15.1. The number of benzene rings is 4. The first kappa shape index (κ1) is 28.4. The zero-order chi connectivity index (χ0) is 30.4. The molecule has 0 fully saturated rings. The van der Waals surface area contributed by atoms with Crippen molar-refractivity contribution in [2.45, 2.75) is 37.8 Å². The van der Waals surface area contributed by atoms with Gasteiger partial charge in [-0.1, -0.05) is 18.2 Å². The predicted octanol–water partition coefficient (Wildman–Crippen LogP) is 6.52. The fourth-order valence-corrected chi connectivity index (χ4v) is 6.86. The number of phenolic OH excluding ortho intramolecular Hbond substituents is 1. The summed E-state index contributed by atoms with van der Waals surface area (Å²) in [4.78, 5) is 2.37. The summed E-state index contributed by atoms with van der Waals surface area (Å²) >= 11 is 0. The molecule has 2 N–H and O–H groups in total. The molecule has 0 saturated heterocycles. The molecule has 4 aromatic carbocycles. The number of nitrogens with one attached hydrogen (secondary N) is 1. The van der Waals surface area contributed by atoms with Crippen molar-refractivity contribution in [1.29, 1.82) is 0 Å². The van der Waals surface area contributed by atoms with E-state index in [1.165, 1.54) is 11.1 Å². The van der Waals surface area contributed by atoms with Crippen LogP contribution in [0.25, 0.3) is 0 Å². The number of nitrogens with zero attached hydrogens (tertiary/aromatic N) is 1. The van der Waals surface area contributed by atoms with Crippen molar-refractivity contribution in [2.24, 2.45) is 0 Å². The van der Waals surface area contributed by atoms with Gasteiger partial charge in [0, 0.05) is 24.2 Å². The van der Waals surface area contributed by atoms with Crippen LogP contribution in [0.5, 0.6) is 46.0 Å². The number of aromatic hydroxyl groups is 1. The summed E-state index contributed by atoms with van der Waals surface area (Å²) in [5, 5.41) is 14.3. The maximum absolute atomic E-state index is 10.6. The van der Waals surface area contributed by atoms with Crippen molar-refractivity contribution < 1.29 is 28.8 Å². The van der Waals surface area contributed by atoms with Crippen LogP contribution >= 0.6 is 0 Å². The standard InChI is InChI=1S/C36H38N2O6/c1-38-14-12-24-19-33(41-3)35(42-4)36-34(24)28(38)16-21-5-8-25(9-6-21)43-30-17-22(7-10-29(30)39)15-27-26-20-32(44-36)31(40-2)18-23(26)11-13-37-27/h5-10,17-20,27-28,37,39H,11-16H2,1-4H3/t27-,28+/m1/s1. The highest BCUT2D eigenvalue weighted by Crippen LogP contribution is 2.51. The number of fused-ring (bicyclic) bond motifs is 2. The van der Waals surface area contributed by atoms with E-state index in [1.807, 2.05) is 24.3 Å². The lowest BCUT2D eigenvalue weighted by Gasteiger charge is -2.37. The maximum atomic E-state index is 10.6. The van der Waals surface area contributed by atoms with Crippen LogP contribution in [0.15, 0.2) is 60.7 Å². The van der Waals surface area contributed by atoms with E-state index in [1.54, 1.807) is 27.4 Å². The molecule has 0 radical (unpaired) electrons. The molecule has 8 nitrogen and oxygen atoms in total. The molecule has 4 aromatic rings. The van der Waals surface area contributed by atoms with E-state index in [0.717, 1.165) is 54.6 Å². The Morgan fingerprint density at radius 1 is 0.795 bits per heavy atom. The van der Waals surface area contributed by atoms with Gasteiger partial charge in [0.2, 0.25) is 5.75 Å². The molecule has 8 heteroatoms. The molecule has 8 rings (SSSR count). The average Bonchev–Trinajstić information content (AvgIpc) is 3.04. The van der Waals surface area contributed by atoms with Crippen molar-refractivity contribution in [3.05, 3.63) is 94.0 Å². The Kier molecular flexibility index (Phi) is 7.48. The molecule has 228 valence electrons. The molecule has 0 aliphatic carbocycles. The van der Waals surface area contributed by atoms with Gasteiger partial charge in [0.25, 0.3) is 0 Å².